The van der Waals surface area contributed by atoms with Crippen LogP contribution in [-0.4, -0.2) is 36.4 Å². The normalized spacial score (nSPS) is 19.9. The maximum absolute atomic E-state index is 12.4. The average Bonchev–Trinajstić information content (AvgIpc) is 2.87. The first-order valence-corrected chi connectivity index (χ1v) is 7.05. The first-order chi connectivity index (χ1) is 9.11. The van der Waals surface area contributed by atoms with Crippen LogP contribution in [0.25, 0.3) is 0 Å². The van der Waals surface area contributed by atoms with E-state index in [2.05, 4.69) is 18.7 Å². The third-order valence-electron chi connectivity index (χ3n) is 3.90. The Bertz CT molecular complexity index is 442. The van der Waals surface area contributed by atoms with Crippen molar-refractivity contribution >= 4 is 5.78 Å². The minimum absolute atomic E-state index is 0.219. The summed E-state index contributed by atoms with van der Waals surface area (Å²) in [7, 11) is 1.63. The van der Waals surface area contributed by atoms with Crippen LogP contribution in [0.5, 0.6) is 5.75 Å². The van der Waals surface area contributed by atoms with Crippen molar-refractivity contribution in [2.45, 2.75) is 45.2 Å². The standard InChI is InChI=1S/C16H23NO2/c1-12(2)17-9-5-7-14(17)11-16(18)13-6-4-8-15(10-13)19-3/h4,6,8,10,12,14H,5,7,9,11H2,1-3H3. The molecule has 3 nitrogen and oxygen atoms in total. The SMILES string of the molecule is COc1cccc(C(=O)CC2CCCN2C(C)C)c1. The summed E-state index contributed by atoms with van der Waals surface area (Å²) in [5, 5.41) is 0. The molecular formula is C16H23NO2. The van der Waals surface area contributed by atoms with Crippen molar-refractivity contribution in [1.82, 2.24) is 4.90 Å². The molecule has 3 heteroatoms. The number of hydrogen-bond acceptors (Lipinski definition) is 3. The van der Waals surface area contributed by atoms with Gasteiger partial charge in [0, 0.05) is 24.1 Å². The summed E-state index contributed by atoms with van der Waals surface area (Å²) < 4.78 is 5.17. The van der Waals surface area contributed by atoms with Gasteiger partial charge in [-0.2, -0.15) is 0 Å². The van der Waals surface area contributed by atoms with E-state index in [1.54, 1.807) is 7.11 Å². The number of benzene rings is 1. The first-order valence-electron chi connectivity index (χ1n) is 7.05. The van der Waals surface area contributed by atoms with E-state index in [1.165, 1.54) is 6.42 Å². The molecule has 1 saturated heterocycles. The zero-order valence-corrected chi connectivity index (χ0v) is 12.1. The lowest BCUT2D eigenvalue weighted by Crippen LogP contribution is -2.36. The number of carbonyl (C=O) groups is 1. The third kappa shape index (κ3) is 3.35. The lowest BCUT2D eigenvalue weighted by Gasteiger charge is -2.27. The molecule has 0 spiro atoms. The van der Waals surface area contributed by atoms with Gasteiger partial charge in [-0.25, -0.2) is 0 Å². The van der Waals surface area contributed by atoms with Crippen LogP contribution in [0.2, 0.25) is 0 Å². The van der Waals surface area contributed by atoms with Gasteiger partial charge < -0.3 is 4.74 Å². The van der Waals surface area contributed by atoms with E-state index >= 15 is 0 Å². The van der Waals surface area contributed by atoms with Gasteiger partial charge in [0.05, 0.1) is 7.11 Å². The van der Waals surface area contributed by atoms with Gasteiger partial charge in [-0.05, 0) is 45.4 Å². The summed E-state index contributed by atoms with van der Waals surface area (Å²) in [6, 6.07) is 8.37. The van der Waals surface area contributed by atoms with Crippen molar-refractivity contribution < 1.29 is 9.53 Å². The van der Waals surface area contributed by atoms with Gasteiger partial charge in [-0.3, -0.25) is 9.69 Å². The van der Waals surface area contributed by atoms with Crippen molar-refractivity contribution in [3.8, 4) is 5.75 Å². The Balaban J connectivity index is 2.04. The predicted octanol–water partition coefficient (Wildman–Crippen LogP) is 3.14. The van der Waals surface area contributed by atoms with E-state index in [0.29, 0.717) is 18.5 Å². The van der Waals surface area contributed by atoms with Crippen LogP contribution in [0.4, 0.5) is 0 Å². The van der Waals surface area contributed by atoms with Crippen LogP contribution < -0.4 is 4.74 Å². The summed E-state index contributed by atoms with van der Waals surface area (Å²) in [6.45, 7) is 5.52. The maximum Gasteiger partial charge on any atom is 0.164 e. The number of methoxy groups -OCH3 is 1. The molecule has 104 valence electrons. The molecule has 0 N–H and O–H groups in total. The number of carbonyl (C=O) groups excluding carboxylic acids is 1. The summed E-state index contributed by atoms with van der Waals surface area (Å²) in [4.78, 5) is 14.8. The molecule has 1 aliphatic rings. The number of rotatable bonds is 5. The van der Waals surface area contributed by atoms with Gasteiger partial charge in [0.25, 0.3) is 0 Å². The molecule has 1 atom stereocenters. The topological polar surface area (TPSA) is 29.5 Å². The molecule has 2 rings (SSSR count). The Labute approximate surface area is 115 Å². The van der Waals surface area contributed by atoms with Crippen LogP contribution in [-0.2, 0) is 0 Å². The third-order valence-corrected chi connectivity index (χ3v) is 3.90. The molecule has 19 heavy (non-hydrogen) atoms. The van der Waals surface area contributed by atoms with Gasteiger partial charge in [0.1, 0.15) is 5.75 Å². The molecule has 0 radical (unpaired) electrons. The van der Waals surface area contributed by atoms with Crippen LogP contribution in [0.3, 0.4) is 0 Å². The van der Waals surface area contributed by atoms with E-state index < -0.39 is 0 Å². The summed E-state index contributed by atoms with van der Waals surface area (Å²) in [5.74, 6) is 0.967. The zero-order chi connectivity index (χ0) is 13.8. The number of ketones is 1. The largest absolute Gasteiger partial charge is 0.497 e. The molecule has 0 bridgehead atoms. The fraction of sp³-hybridized carbons (Fsp3) is 0.562. The summed E-state index contributed by atoms with van der Waals surface area (Å²) in [5.41, 5.74) is 0.759. The Morgan fingerprint density at radius 2 is 2.26 bits per heavy atom. The van der Waals surface area contributed by atoms with E-state index in [4.69, 9.17) is 4.74 Å². The van der Waals surface area contributed by atoms with Crippen molar-refractivity contribution in [2.24, 2.45) is 0 Å². The summed E-state index contributed by atoms with van der Waals surface area (Å²) in [6.07, 6.45) is 2.95. The van der Waals surface area contributed by atoms with Crippen molar-refractivity contribution in [2.75, 3.05) is 13.7 Å². The molecular weight excluding hydrogens is 238 g/mol. The number of likely N-dealkylation sites (tertiary alicyclic amines) is 1. The molecule has 0 aliphatic carbocycles. The van der Waals surface area contributed by atoms with Crippen LogP contribution in [0.1, 0.15) is 43.5 Å². The van der Waals surface area contributed by atoms with Gasteiger partial charge >= 0.3 is 0 Å². The van der Waals surface area contributed by atoms with E-state index in [9.17, 15) is 4.79 Å². The van der Waals surface area contributed by atoms with Crippen LogP contribution >= 0.6 is 0 Å². The molecule has 1 unspecified atom stereocenters. The van der Waals surface area contributed by atoms with Gasteiger partial charge in [0.15, 0.2) is 5.78 Å². The fourth-order valence-corrected chi connectivity index (χ4v) is 2.89. The predicted molar refractivity (Wildman–Crippen MR) is 76.8 cm³/mol. The van der Waals surface area contributed by atoms with Crippen molar-refractivity contribution in [3.63, 3.8) is 0 Å². The molecule has 1 fully saturated rings. The monoisotopic (exact) mass is 261 g/mol. The number of Topliss-reactive ketones (excluding diaryl/α,β-unsaturated/α-hetero) is 1. The fourth-order valence-electron chi connectivity index (χ4n) is 2.89. The zero-order valence-electron chi connectivity index (χ0n) is 12.1. The second-order valence-corrected chi connectivity index (χ2v) is 5.49. The minimum atomic E-state index is 0.219. The number of nitrogens with zero attached hydrogens (tertiary/aromatic N) is 1. The van der Waals surface area contributed by atoms with E-state index in [-0.39, 0.29) is 5.78 Å². The molecule has 0 amide bonds. The molecule has 1 aromatic carbocycles. The highest BCUT2D eigenvalue weighted by atomic mass is 16.5. The number of ether oxygens (including phenoxy) is 1. The van der Waals surface area contributed by atoms with Crippen LogP contribution in [0, 0.1) is 0 Å². The highest BCUT2D eigenvalue weighted by molar-refractivity contribution is 5.96. The highest BCUT2D eigenvalue weighted by Gasteiger charge is 2.28. The quantitative estimate of drug-likeness (QED) is 0.763. The molecule has 0 saturated carbocycles. The first kappa shape index (κ1) is 14.1. The summed E-state index contributed by atoms with van der Waals surface area (Å²) >= 11 is 0. The molecule has 1 aromatic rings. The lowest BCUT2D eigenvalue weighted by molar-refractivity contribution is 0.0927. The Hall–Kier alpha value is -1.35. The Morgan fingerprint density at radius 1 is 1.47 bits per heavy atom. The molecule has 0 aromatic heterocycles. The van der Waals surface area contributed by atoms with E-state index in [1.807, 2.05) is 24.3 Å². The van der Waals surface area contributed by atoms with Gasteiger partial charge in [0.2, 0.25) is 0 Å². The highest BCUT2D eigenvalue weighted by Crippen LogP contribution is 2.24. The number of hydrogen-bond donors (Lipinski definition) is 0. The van der Waals surface area contributed by atoms with Gasteiger partial charge in [-0.15, -0.1) is 0 Å². The molecule has 1 aliphatic heterocycles. The Kier molecular flexibility index (Phi) is 4.59. The lowest BCUT2D eigenvalue weighted by atomic mass is 10.0. The van der Waals surface area contributed by atoms with Gasteiger partial charge in [-0.1, -0.05) is 12.1 Å². The minimum Gasteiger partial charge on any atom is -0.497 e. The second-order valence-electron chi connectivity index (χ2n) is 5.49. The average molecular weight is 261 g/mol. The second kappa shape index (κ2) is 6.20. The Morgan fingerprint density at radius 3 is 2.95 bits per heavy atom. The molecule has 1 heterocycles. The van der Waals surface area contributed by atoms with Crippen molar-refractivity contribution in [3.05, 3.63) is 29.8 Å². The smallest absolute Gasteiger partial charge is 0.164 e. The maximum atomic E-state index is 12.4. The van der Waals surface area contributed by atoms with Crippen LogP contribution in [0.15, 0.2) is 24.3 Å². The van der Waals surface area contributed by atoms with Crippen molar-refractivity contribution in [1.29, 1.82) is 0 Å². The van der Waals surface area contributed by atoms with E-state index in [0.717, 1.165) is 24.3 Å².